The first-order valence-electron chi connectivity index (χ1n) is 10.1. The van der Waals surface area contributed by atoms with E-state index < -0.39 is 0 Å². The topological polar surface area (TPSA) is 64.6 Å². The standard InChI is InChI=1S/C22H25ClN6OS/c1-27(2)18-7-3-5-16(13-18)21(30)29-11-9-28(10-12-29)15-17-6-4-8-20(25-17)26-22-24-14-19(23)31-22/h3-8,13-14H,9-12,15H2,1-2H3,(H,24,25,26). The van der Waals surface area contributed by atoms with Crippen LogP contribution in [0.4, 0.5) is 16.6 Å². The Morgan fingerprint density at radius 3 is 2.65 bits per heavy atom. The van der Waals surface area contributed by atoms with Crippen LogP contribution in [0.2, 0.25) is 4.34 Å². The van der Waals surface area contributed by atoms with Gasteiger partial charge in [-0.25, -0.2) is 9.97 Å². The quantitative estimate of drug-likeness (QED) is 0.605. The first-order valence-corrected chi connectivity index (χ1v) is 11.3. The summed E-state index contributed by atoms with van der Waals surface area (Å²) in [7, 11) is 3.96. The van der Waals surface area contributed by atoms with Gasteiger partial charge in [-0.1, -0.05) is 35.1 Å². The lowest BCUT2D eigenvalue weighted by atomic mass is 10.1. The molecule has 4 rings (SSSR count). The van der Waals surface area contributed by atoms with Crippen LogP contribution in [0.5, 0.6) is 0 Å². The highest BCUT2D eigenvalue weighted by atomic mass is 35.5. The number of carbonyl (C=O) groups excluding carboxylic acids is 1. The number of rotatable bonds is 6. The maximum absolute atomic E-state index is 12.9. The molecule has 0 atom stereocenters. The molecule has 1 aliphatic rings. The Kier molecular flexibility index (Phi) is 6.70. The van der Waals surface area contributed by atoms with E-state index in [9.17, 15) is 4.79 Å². The van der Waals surface area contributed by atoms with E-state index in [1.54, 1.807) is 6.20 Å². The van der Waals surface area contributed by atoms with Gasteiger partial charge in [0.1, 0.15) is 10.2 Å². The van der Waals surface area contributed by atoms with E-state index in [0.29, 0.717) is 17.4 Å². The highest BCUT2D eigenvalue weighted by Crippen LogP contribution is 2.25. The van der Waals surface area contributed by atoms with Crippen molar-refractivity contribution in [3.8, 4) is 0 Å². The van der Waals surface area contributed by atoms with Gasteiger partial charge in [0.05, 0.1) is 11.9 Å². The van der Waals surface area contributed by atoms with Gasteiger partial charge in [0, 0.05) is 58.1 Å². The molecule has 1 aliphatic heterocycles. The maximum atomic E-state index is 12.9. The molecule has 0 radical (unpaired) electrons. The summed E-state index contributed by atoms with van der Waals surface area (Å²) in [5.41, 5.74) is 2.75. The zero-order valence-corrected chi connectivity index (χ0v) is 19.2. The molecule has 0 saturated carbocycles. The molecular formula is C22H25ClN6OS. The Morgan fingerprint density at radius 1 is 1.16 bits per heavy atom. The van der Waals surface area contributed by atoms with Crippen LogP contribution >= 0.6 is 22.9 Å². The predicted octanol–water partition coefficient (Wildman–Crippen LogP) is 3.96. The number of nitrogens with one attached hydrogen (secondary N) is 1. The van der Waals surface area contributed by atoms with Gasteiger partial charge in [-0.3, -0.25) is 9.69 Å². The van der Waals surface area contributed by atoms with Gasteiger partial charge in [-0.05, 0) is 30.3 Å². The molecule has 0 aliphatic carbocycles. The van der Waals surface area contributed by atoms with Gasteiger partial charge < -0.3 is 15.1 Å². The minimum atomic E-state index is 0.0924. The van der Waals surface area contributed by atoms with E-state index >= 15 is 0 Å². The van der Waals surface area contributed by atoms with Crippen LogP contribution in [-0.4, -0.2) is 65.9 Å². The van der Waals surface area contributed by atoms with Crippen molar-refractivity contribution in [2.24, 2.45) is 0 Å². The number of aromatic nitrogens is 2. The van der Waals surface area contributed by atoms with Crippen LogP contribution in [0.3, 0.4) is 0 Å². The molecule has 1 amide bonds. The molecule has 3 aromatic rings. The molecule has 0 spiro atoms. The highest BCUT2D eigenvalue weighted by molar-refractivity contribution is 7.19. The normalized spacial score (nSPS) is 14.5. The second-order valence-electron chi connectivity index (χ2n) is 7.62. The summed E-state index contributed by atoms with van der Waals surface area (Å²) in [6.45, 7) is 3.80. The number of anilines is 3. The molecule has 7 nitrogen and oxygen atoms in total. The molecule has 162 valence electrons. The second-order valence-corrected chi connectivity index (χ2v) is 9.28. The molecule has 31 heavy (non-hydrogen) atoms. The Morgan fingerprint density at radius 2 is 1.94 bits per heavy atom. The zero-order valence-electron chi connectivity index (χ0n) is 17.6. The Labute approximate surface area is 191 Å². The van der Waals surface area contributed by atoms with Crippen molar-refractivity contribution in [3.05, 3.63) is 64.3 Å². The number of carbonyl (C=O) groups is 1. The van der Waals surface area contributed by atoms with Gasteiger partial charge >= 0.3 is 0 Å². The van der Waals surface area contributed by atoms with E-state index in [0.717, 1.165) is 47.5 Å². The molecule has 1 N–H and O–H groups in total. The highest BCUT2D eigenvalue weighted by Gasteiger charge is 2.22. The van der Waals surface area contributed by atoms with Crippen LogP contribution in [-0.2, 0) is 6.54 Å². The smallest absolute Gasteiger partial charge is 0.254 e. The van der Waals surface area contributed by atoms with Crippen LogP contribution < -0.4 is 10.2 Å². The average Bonchev–Trinajstić information content (AvgIpc) is 3.18. The van der Waals surface area contributed by atoms with E-state index in [1.165, 1.54) is 11.3 Å². The zero-order chi connectivity index (χ0) is 21.8. The van der Waals surface area contributed by atoms with Gasteiger partial charge in [0.15, 0.2) is 5.13 Å². The summed E-state index contributed by atoms with van der Waals surface area (Å²) >= 11 is 7.32. The fraction of sp³-hybridized carbons (Fsp3) is 0.318. The van der Waals surface area contributed by atoms with Crippen molar-refractivity contribution >= 4 is 45.5 Å². The molecule has 1 saturated heterocycles. The van der Waals surface area contributed by atoms with Crippen LogP contribution in [0.1, 0.15) is 16.1 Å². The number of halogens is 1. The summed E-state index contributed by atoms with van der Waals surface area (Å²) in [6.07, 6.45) is 1.62. The van der Waals surface area contributed by atoms with Gasteiger partial charge in [0.25, 0.3) is 5.91 Å². The van der Waals surface area contributed by atoms with Crippen LogP contribution in [0, 0.1) is 0 Å². The second kappa shape index (κ2) is 9.64. The third-order valence-electron chi connectivity index (χ3n) is 5.17. The third-order valence-corrected chi connectivity index (χ3v) is 6.20. The SMILES string of the molecule is CN(C)c1cccc(C(=O)N2CCN(Cc3cccc(Nc4ncc(Cl)s4)n3)CC2)c1. The van der Waals surface area contributed by atoms with Gasteiger partial charge in [-0.15, -0.1) is 0 Å². The summed E-state index contributed by atoms with van der Waals surface area (Å²) in [5, 5.41) is 3.91. The van der Waals surface area contributed by atoms with E-state index in [2.05, 4.69) is 20.2 Å². The molecule has 0 bridgehead atoms. The largest absolute Gasteiger partial charge is 0.378 e. The predicted molar refractivity (Wildman–Crippen MR) is 127 cm³/mol. The molecular weight excluding hydrogens is 432 g/mol. The van der Waals surface area contributed by atoms with Crippen LogP contribution in [0.25, 0.3) is 0 Å². The van der Waals surface area contributed by atoms with Crippen molar-refractivity contribution in [2.45, 2.75) is 6.54 Å². The lowest BCUT2D eigenvalue weighted by Gasteiger charge is -2.34. The number of thiazole rings is 1. The first-order chi connectivity index (χ1) is 15.0. The molecule has 1 fully saturated rings. The number of hydrogen-bond acceptors (Lipinski definition) is 7. The fourth-order valence-electron chi connectivity index (χ4n) is 3.50. The minimum absolute atomic E-state index is 0.0924. The Bertz CT molecular complexity index is 1050. The minimum Gasteiger partial charge on any atom is -0.378 e. The molecule has 9 heteroatoms. The molecule has 1 aromatic carbocycles. The molecule has 3 heterocycles. The van der Waals surface area contributed by atoms with Crippen molar-refractivity contribution in [2.75, 3.05) is 50.5 Å². The number of hydrogen-bond donors (Lipinski definition) is 1. The summed E-state index contributed by atoms with van der Waals surface area (Å²) in [5.74, 6) is 0.841. The lowest BCUT2D eigenvalue weighted by Crippen LogP contribution is -2.48. The van der Waals surface area contributed by atoms with E-state index in [-0.39, 0.29) is 5.91 Å². The van der Waals surface area contributed by atoms with E-state index in [4.69, 9.17) is 11.6 Å². The number of benzene rings is 1. The lowest BCUT2D eigenvalue weighted by molar-refractivity contribution is 0.0627. The fourth-order valence-corrected chi connectivity index (χ4v) is 4.32. The number of piperazine rings is 1. The molecule has 2 aromatic heterocycles. The maximum Gasteiger partial charge on any atom is 0.254 e. The van der Waals surface area contributed by atoms with Gasteiger partial charge in [0.2, 0.25) is 0 Å². The van der Waals surface area contributed by atoms with Crippen molar-refractivity contribution in [3.63, 3.8) is 0 Å². The number of pyridine rings is 1. The van der Waals surface area contributed by atoms with Crippen molar-refractivity contribution in [1.29, 1.82) is 0 Å². The van der Waals surface area contributed by atoms with Crippen molar-refractivity contribution in [1.82, 2.24) is 19.8 Å². The number of nitrogens with zero attached hydrogens (tertiary/aromatic N) is 5. The summed E-state index contributed by atoms with van der Waals surface area (Å²) in [6, 6.07) is 13.7. The summed E-state index contributed by atoms with van der Waals surface area (Å²) < 4.78 is 0.638. The third kappa shape index (κ3) is 5.52. The summed E-state index contributed by atoms with van der Waals surface area (Å²) in [4.78, 5) is 28.1. The molecule has 0 unspecified atom stereocenters. The van der Waals surface area contributed by atoms with Crippen LogP contribution in [0.15, 0.2) is 48.7 Å². The Balaban J connectivity index is 1.32. The monoisotopic (exact) mass is 456 g/mol. The Hall–Kier alpha value is -2.68. The average molecular weight is 457 g/mol. The first kappa shape index (κ1) is 21.5. The van der Waals surface area contributed by atoms with Crippen molar-refractivity contribution < 1.29 is 4.79 Å². The van der Waals surface area contributed by atoms with Gasteiger partial charge in [-0.2, -0.15) is 0 Å². The van der Waals surface area contributed by atoms with E-state index in [1.807, 2.05) is 66.4 Å². The number of amides is 1.